The number of pyridine rings is 1. The molecular weight excluding hydrogens is 468 g/mol. The number of halogens is 1. The Morgan fingerprint density at radius 3 is 2.56 bits per heavy atom. The summed E-state index contributed by atoms with van der Waals surface area (Å²) < 4.78 is 28.1. The third-order valence-corrected chi connectivity index (χ3v) is 8.95. The molecular formula is C22H29ClN4O3S2. The van der Waals surface area contributed by atoms with Crippen LogP contribution in [0, 0.1) is 11.8 Å². The highest BCUT2D eigenvalue weighted by atomic mass is 35.5. The number of hydrogen-bond donors (Lipinski definition) is 1. The van der Waals surface area contributed by atoms with Gasteiger partial charge >= 0.3 is 0 Å². The molecule has 0 bridgehead atoms. The number of nitrogens with one attached hydrogen (secondary N) is 1. The fraction of sp³-hybridized carbons (Fsp3) is 0.545. The summed E-state index contributed by atoms with van der Waals surface area (Å²) in [6.45, 7) is 3.47. The van der Waals surface area contributed by atoms with Crippen LogP contribution in [0.2, 0.25) is 4.34 Å². The number of carbonyl (C=O) groups excluding carboxylic acids is 1. The first-order valence-corrected chi connectivity index (χ1v) is 13.9. The Morgan fingerprint density at radius 2 is 1.88 bits per heavy atom. The van der Waals surface area contributed by atoms with Gasteiger partial charge in [0.25, 0.3) is 0 Å². The van der Waals surface area contributed by atoms with E-state index in [4.69, 9.17) is 11.6 Å². The van der Waals surface area contributed by atoms with Crippen molar-refractivity contribution in [3.8, 4) is 0 Å². The summed E-state index contributed by atoms with van der Waals surface area (Å²) in [6, 6.07) is 7.66. The Balaban J connectivity index is 1.19. The van der Waals surface area contributed by atoms with Crippen molar-refractivity contribution >= 4 is 44.6 Å². The van der Waals surface area contributed by atoms with Crippen LogP contribution in [-0.2, 0) is 21.2 Å². The molecule has 0 radical (unpaired) electrons. The molecule has 2 aromatic heterocycles. The Bertz CT molecular complexity index is 1010. The maximum absolute atomic E-state index is 13.0. The highest BCUT2D eigenvalue weighted by molar-refractivity contribution is 7.89. The largest absolute Gasteiger partial charge is 0.371 e. The topological polar surface area (TPSA) is 82.6 Å². The molecule has 7 nitrogen and oxygen atoms in total. The average Bonchev–Trinajstić information content (AvgIpc) is 3.46. The molecule has 174 valence electrons. The van der Waals surface area contributed by atoms with Gasteiger partial charge < -0.3 is 9.80 Å². The summed E-state index contributed by atoms with van der Waals surface area (Å²) in [4.78, 5) is 22.3. The maximum Gasteiger partial charge on any atom is 0.225 e. The lowest BCUT2D eigenvalue weighted by atomic mass is 9.95. The lowest BCUT2D eigenvalue weighted by Crippen LogP contribution is -2.42. The maximum atomic E-state index is 13.0. The highest BCUT2D eigenvalue weighted by Gasteiger charge is 2.33. The molecule has 2 aliphatic heterocycles. The van der Waals surface area contributed by atoms with Crippen molar-refractivity contribution in [2.45, 2.75) is 25.7 Å². The Hall–Kier alpha value is -1.68. The molecule has 2 saturated heterocycles. The van der Waals surface area contributed by atoms with E-state index in [0.29, 0.717) is 30.4 Å². The van der Waals surface area contributed by atoms with Gasteiger partial charge in [-0.15, -0.1) is 11.3 Å². The quantitative estimate of drug-likeness (QED) is 0.607. The van der Waals surface area contributed by atoms with Crippen molar-refractivity contribution < 1.29 is 13.2 Å². The first-order chi connectivity index (χ1) is 15.4. The van der Waals surface area contributed by atoms with Crippen LogP contribution in [0.5, 0.6) is 0 Å². The van der Waals surface area contributed by atoms with Crippen LogP contribution >= 0.6 is 22.9 Å². The summed E-state index contributed by atoms with van der Waals surface area (Å²) in [5.41, 5.74) is 1.15. The lowest BCUT2D eigenvalue weighted by Gasteiger charge is -2.34. The minimum absolute atomic E-state index is 0.0509. The molecule has 2 aromatic rings. The van der Waals surface area contributed by atoms with Crippen LogP contribution in [0.25, 0.3) is 0 Å². The summed E-state index contributed by atoms with van der Waals surface area (Å²) in [7, 11) is -3.35. The number of hydrogen-bond acceptors (Lipinski definition) is 6. The molecule has 0 unspecified atom stereocenters. The monoisotopic (exact) mass is 496 g/mol. The number of likely N-dealkylation sites (tertiary alicyclic amines) is 1. The number of aromatic nitrogens is 1. The number of rotatable bonds is 8. The first kappa shape index (κ1) is 23.5. The average molecular weight is 497 g/mol. The van der Waals surface area contributed by atoms with Gasteiger partial charge in [-0.2, -0.15) is 0 Å². The van der Waals surface area contributed by atoms with Crippen LogP contribution in [0.3, 0.4) is 0 Å². The predicted molar refractivity (Wildman–Crippen MR) is 129 cm³/mol. The van der Waals surface area contributed by atoms with Gasteiger partial charge in [-0.25, -0.2) is 13.1 Å². The minimum Gasteiger partial charge on any atom is -0.371 e. The van der Waals surface area contributed by atoms with Crippen molar-refractivity contribution in [1.29, 1.82) is 0 Å². The standard InChI is InChI=1S/C22H29ClN4O3S2/c23-21-2-1-20(31-21)8-14-32(29,30)25-15-17-5-11-27(16-17)22(28)18-6-12-26(13-7-18)19-3-9-24-10-4-19/h1-4,9-10,17-18,25H,5-8,11-16H2/t17-/m0/s1. The Kier molecular flexibility index (Phi) is 7.70. The van der Waals surface area contributed by atoms with Crippen molar-refractivity contribution in [3.05, 3.63) is 45.9 Å². The second-order valence-corrected chi connectivity index (χ2v) is 12.3. The number of thiophene rings is 1. The number of aryl methyl sites for hydroxylation is 1. The van der Waals surface area contributed by atoms with Crippen LogP contribution in [-0.4, -0.2) is 62.7 Å². The van der Waals surface area contributed by atoms with E-state index in [-0.39, 0.29) is 23.5 Å². The number of amides is 1. The van der Waals surface area contributed by atoms with Crippen LogP contribution in [0.15, 0.2) is 36.7 Å². The van der Waals surface area contributed by atoms with E-state index in [0.717, 1.165) is 42.9 Å². The number of nitrogens with zero attached hydrogens (tertiary/aromatic N) is 3. The number of sulfonamides is 1. The second-order valence-electron chi connectivity index (χ2n) is 8.53. The summed E-state index contributed by atoms with van der Waals surface area (Å²) in [5, 5.41) is 0. The van der Waals surface area contributed by atoms with Crippen molar-refractivity contribution in [3.63, 3.8) is 0 Å². The smallest absolute Gasteiger partial charge is 0.225 e. The molecule has 4 heterocycles. The molecule has 0 aromatic carbocycles. The molecule has 4 rings (SSSR count). The molecule has 32 heavy (non-hydrogen) atoms. The predicted octanol–water partition coefficient (Wildman–Crippen LogP) is 3.02. The molecule has 1 atom stereocenters. The van der Waals surface area contributed by atoms with E-state index >= 15 is 0 Å². The third kappa shape index (κ3) is 6.21. The van der Waals surface area contributed by atoms with Gasteiger partial charge in [0, 0.05) is 61.6 Å². The van der Waals surface area contributed by atoms with Gasteiger partial charge in [0.05, 0.1) is 10.1 Å². The highest BCUT2D eigenvalue weighted by Crippen LogP contribution is 2.27. The van der Waals surface area contributed by atoms with Gasteiger partial charge in [-0.05, 0) is 55.9 Å². The molecule has 0 aliphatic carbocycles. The van der Waals surface area contributed by atoms with E-state index in [1.165, 1.54) is 11.3 Å². The fourth-order valence-corrected chi connectivity index (χ4v) is 6.77. The second kappa shape index (κ2) is 10.5. The van der Waals surface area contributed by atoms with Crippen molar-refractivity contribution in [1.82, 2.24) is 14.6 Å². The Morgan fingerprint density at radius 1 is 1.12 bits per heavy atom. The first-order valence-electron chi connectivity index (χ1n) is 11.0. The van der Waals surface area contributed by atoms with E-state index in [1.807, 2.05) is 23.1 Å². The number of piperidine rings is 1. The van der Waals surface area contributed by atoms with E-state index < -0.39 is 10.0 Å². The summed E-state index contributed by atoms with van der Waals surface area (Å²) in [6.07, 6.45) is 6.58. The van der Waals surface area contributed by atoms with Crippen LogP contribution in [0.4, 0.5) is 5.69 Å². The van der Waals surface area contributed by atoms with Gasteiger partial charge in [0.2, 0.25) is 15.9 Å². The van der Waals surface area contributed by atoms with Gasteiger partial charge in [-0.3, -0.25) is 9.78 Å². The molecule has 1 amide bonds. The van der Waals surface area contributed by atoms with Crippen LogP contribution < -0.4 is 9.62 Å². The third-order valence-electron chi connectivity index (χ3n) is 6.31. The van der Waals surface area contributed by atoms with Crippen LogP contribution in [0.1, 0.15) is 24.1 Å². The summed E-state index contributed by atoms with van der Waals surface area (Å²) >= 11 is 7.32. The molecule has 0 spiro atoms. The van der Waals surface area contributed by atoms with E-state index in [9.17, 15) is 13.2 Å². The molecule has 2 aliphatic rings. The zero-order valence-electron chi connectivity index (χ0n) is 18.0. The van der Waals surface area contributed by atoms with Crippen molar-refractivity contribution in [2.24, 2.45) is 11.8 Å². The van der Waals surface area contributed by atoms with Gasteiger partial charge in [-0.1, -0.05) is 11.6 Å². The molecule has 1 N–H and O–H groups in total. The zero-order valence-corrected chi connectivity index (χ0v) is 20.3. The molecule has 10 heteroatoms. The summed E-state index contributed by atoms with van der Waals surface area (Å²) in [5.74, 6) is 0.497. The van der Waals surface area contributed by atoms with Gasteiger partial charge in [0.15, 0.2) is 0 Å². The number of anilines is 1. The van der Waals surface area contributed by atoms with E-state index in [2.05, 4.69) is 14.6 Å². The molecule has 0 saturated carbocycles. The zero-order chi connectivity index (χ0) is 22.6. The SMILES string of the molecule is O=C(C1CCN(c2ccncc2)CC1)N1CC[C@@H](CNS(=O)(=O)CCc2ccc(Cl)s2)C1. The number of carbonyl (C=O) groups is 1. The van der Waals surface area contributed by atoms with Gasteiger partial charge in [0.1, 0.15) is 0 Å². The Labute approximate surface area is 198 Å². The van der Waals surface area contributed by atoms with Crippen molar-refractivity contribution in [2.75, 3.05) is 43.4 Å². The molecule has 2 fully saturated rings. The normalized spacial score (nSPS) is 20.1. The minimum atomic E-state index is -3.35. The van der Waals surface area contributed by atoms with E-state index in [1.54, 1.807) is 18.5 Å². The fourth-order valence-electron chi connectivity index (χ4n) is 4.44. The lowest BCUT2D eigenvalue weighted by molar-refractivity contribution is -0.135.